The molecule has 1 N–H and O–H groups in total. The summed E-state index contributed by atoms with van der Waals surface area (Å²) in [7, 11) is 0. The monoisotopic (exact) mass is 285 g/mol. The molecule has 1 aromatic heterocycles. The van der Waals surface area contributed by atoms with E-state index in [0.717, 1.165) is 5.69 Å². The number of anilines is 1. The molecule has 3 rings (SSSR count). The zero-order valence-electron chi connectivity index (χ0n) is 12.6. The molecule has 0 spiro atoms. The summed E-state index contributed by atoms with van der Waals surface area (Å²) in [5.74, 6) is 0. The quantitative estimate of drug-likeness (QED) is 0.917. The van der Waals surface area contributed by atoms with Crippen molar-refractivity contribution in [2.75, 3.05) is 25.0 Å². The van der Waals surface area contributed by atoms with Gasteiger partial charge in [-0.25, -0.2) is 4.68 Å². The number of nitrogens with one attached hydrogen (secondary N) is 1. The third kappa shape index (κ3) is 3.61. The predicted octanol–water partition coefficient (Wildman–Crippen LogP) is 2.55. The summed E-state index contributed by atoms with van der Waals surface area (Å²) in [5.41, 5.74) is 2.23. The maximum atomic E-state index is 4.00. The zero-order chi connectivity index (χ0) is 14.5. The third-order valence-corrected chi connectivity index (χ3v) is 4.05. The smallest absolute Gasteiger partial charge is 0.0697 e. The molecule has 21 heavy (non-hydrogen) atoms. The summed E-state index contributed by atoms with van der Waals surface area (Å²) in [6.45, 7) is 5.91. The Kier molecular flexibility index (Phi) is 4.50. The van der Waals surface area contributed by atoms with E-state index in [1.807, 2.05) is 6.20 Å². The Morgan fingerprint density at radius 3 is 2.57 bits per heavy atom. The van der Waals surface area contributed by atoms with Gasteiger partial charge in [-0.2, -0.15) is 0 Å². The predicted molar refractivity (Wildman–Crippen MR) is 84.7 cm³/mol. The van der Waals surface area contributed by atoms with Gasteiger partial charge in [0.15, 0.2) is 0 Å². The van der Waals surface area contributed by atoms with Gasteiger partial charge in [0.2, 0.25) is 0 Å². The lowest BCUT2D eigenvalue weighted by Crippen LogP contribution is -2.39. The summed E-state index contributed by atoms with van der Waals surface area (Å²) < 4.78 is 1.77. The molecule has 0 radical (unpaired) electrons. The lowest BCUT2D eigenvalue weighted by atomic mass is 10.0. The molecule has 2 aromatic rings. The third-order valence-electron chi connectivity index (χ3n) is 4.05. The number of rotatable bonds is 5. The summed E-state index contributed by atoms with van der Waals surface area (Å²) in [6, 6.07) is 8.98. The molecule has 0 unspecified atom stereocenters. The van der Waals surface area contributed by atoms with Crippen LogP contribution in [-0.4, -0.2) is 45.6 Å². The second-order valence-corrected chi connectivity index (χ2v) is 5.65. The molecule has 1 saturated heterocycles. The Labute approximate surface area is 126 Å². The minimum absolute atomic E-state index is 0.593. The number of benzene rings is 1. The van der Waals surface area contributed by atoms with Gasteiger partial charge in [-0.1, -0.05) is 12.1 Å². The van der Waals surface area contributed by atoms with Crippen LogP contribution in [0.3, 0.4) is 0 Å². The number of hydrogen-bond acceptors (Lipinski definition) is 4. The minimum atomic E-state index is 0.593. The lowest BCUT2D eigenvalue weighted by molar-refractivity contribution is 0.219. The number of nitrogens with zero attached hydrogens (tertiary/aromatic N) is 4. The highest BCUT2D eigenvalue weighted by molar-refractivity contribution is 5.49. The van der Waals surface area contributed by atoms with Gasteiger partial charge in [0.05, 0.1) is 18.1 Å². The summed E-state index contributed by atoms with van der Waals surface area (Å²) in [5, 5.41) is 11.5. The van der Waals surface area contributed by atoms with E-state index in [-0.39, 0.29) is 0 Å². The maximum Gasteiger partial charge on any atom is 0.0697 e. The van der Waals surface area contributed by atoms with Crippen molar-refractivity contribution in [3.8, 4) is 5.69 Å². The van der Waals surface area contributed by atoms with Crippen molar-refractivity contribution in [2.45, 2.75) is 32.2 Å². The fourth-order valence-corrected chi connectivity index (χ4v) is 2.91. The fourth-order valence-electron chi connectivity index (χ4n) is 2.91. The van der Waals surface area contributed by atoms with Crippen LogP contribution in [0.2, 0.25) is 0 Å². The largest absolute Gasteiger partial charge is 0.382 e. The molecule has 0 aliphatic carbocycles. The molecule has 0 bridgehead atoms. The Balaban J connectivity index is 1.54. The van der Waals surface area contributed by atoms with E-state index in [0.29, 0.717) is 6.04 Å². The molecule has 2 heterocycles. The highest BCUT2D eigenvalue weighted by Crippen LogP contribution is 2.18. The zero-order valence-corrected chi connectivity index (χ0v) is 12.6. The molecule has 1 fully saturated rings. The molecular weight excluding hydrogens is 262 g/mol. The van der Waals surface area contributed by atoms with Crippen molar-refractivity contribution < 1.29 is 0 Å². The van der Waals surface area contributed by atoms with Gasteiger partial charge in [0.25, 0.3) is 0 Å². The first-order valence-electron chi connectivity index (χ1n) is 7.81. The average molecular weight is 285 g/mol. The van der Waals surface area contributed by atoms with Crippen LogP contribution in [-0.2, 0) is 0 Å². The molecule has 5 heteroatoms. The molecular formula is C16H23N5. The summed E-state index contributed by atoms with van der Waals surface area (Å²) in [6.07, 6.45) is 7.25. The van der Waals surface area contributed by atoms with Gasteiger partial charge < -0.3 is 10.2 Å². The van der Waals surface area contributed by atoms with Crippen LogP contribution in [0.15, 0.2) is 36.7 Å². The standard InChI is InChI=1S/C16H23N5/c1-2-10-20-11-7-15(8-12-20)18-14-3-5-16(6-4-14)21-13-9-17-19-21/h3-6,9,13,15,18H,2,7-8,10-12H2,1H3. The first-order chi connectivity index (χ1) is 10.3. The SMILES string of the molecule is CCCN1CCC(Nc2ccc(-n3ccnn3)cc2)CC1. The molecule has 1 aromatic carbocycles. The molecule has 1 aliphatic heterocycles. The van der Waals surface area contributed by atoms with Crippen molar-refractivity contribution in [2.24, 2.45) is 0 Å². The molecule has 0 atom stereocenters. The van der Waals surface area contributed by atoms with Gasteiger partial charge in [-0.15, -0.1) is 5.10 Å². The Hall–Kier alpha value is -1.88. The van der Waals surface area contributed by atoms with Crippen molar-refractivity contribution in [3.05, 3.63) is 36.7 Å². The van der Waals surface area contributed by atoms with Crippen LogP contribution in [0.1, 0.15) is 26.2 Å². The second-order valence-electron chi connectivity index (χ2n) is 5.65. The van der Waals surface area contributed by atoms with E-state index in [1.54, 1.807) is 10.9 Å². The van der Waals surface area contributed by atoms with Crippen molar-refractivity contribution in [3.63, 3.8) is 0 Å². The van der Waals surface area contributed by atoms with Gasteiger partial charge in [-0.05, 0) is 50.1 Å². The number of hydrogen-bond donors (Lipinski definition) is 1. The van der Waals surface area contributed by atoms with Crippen LogP contribution < -0.4 is 5.32 Å². The van der Waals surface area contributed by atoms with Crippen LogP contribution in [0.5, 0.6) is 0 Å². The molecule has 0 amide bonds. The molecule has 0 saturated carbocycles. The van der Waals surface area contributed by atoms with Gasteiger partial charge >= 0.3 is 0 Å². The average Bonchev–Trinajstić information content (AvgIpc) is 3.05. The summed E-state index contributed by atoms with van der Waals surface area (Å²) >= 11 is 0. The van der Waals surface area contributed by atoms with E-state index >= 15 is 0 Å². The topological polar surface area (TPSA) is 46.0 Å². The first-order valence-corrected chi connectivity index (χ1v) is 7.81. The maximum absolute atomic E-state index is 4.00. The Morgan fingerprint density at radius 1 is 1.19 bits per heavy atom. The van der Waals surface area contributed by atoms with Crippen molar-refractivity contribution in [1.82, 2.24) is 19.9 Å². The van der Waals surface area contributed by atoms with Crippen LogP contribution in [0.4, 0.5) is 5.69 Å². The highest BCUT2D eigenvalue weighted by Gasteiger charge is 2.18. The molecule has 112 valence electrons. The first kappa shape index (κ1) is 14.1. The van der Waals surface area contributed by atoms with Crippen LogP contribution in [0.25, 0.3) is 5.69 Å². The number of aromatic nitrogens is 3. The van der Waals surface area contributed by atoms with E-state index in [9.17, 15) is 0 Å². The van der Waals surface area contributed by atoms with Crippen LogP contribution >= 0.6 is 0 Å². The second kappa shape index (κ2) is 6.72. The van der Waals surface area contributed by atoms with Gasteiger partial charge in [-0.3, -0.25) is 0 Å². The minimum Gasteiger partial charge on any atom is -0.382 e. The lowest BCUT2D eigenvalue weighted by Gasteiger charge is -2.32. The summed E-state index contributed by atoms with van der Waals surface area (Å²) in [4.78, 5) is 2.56. The van der Waals surface area contributed by atoms with E-state index in [1.165, 1.54) is 44.6 Å². The number of piperidine rings is 1. The molecule has 5 nitrogen and oxygen atoms in total. The number of likely N-dealkylation sites (tertiary alicyclic amines) is 1. The normalized spacial score (nSPS) is 17.0. The molecule has 1 aliphatic rings. The van der Waals surface area contributed by atoms with E-state index < -0.39 is 0 Å². The van der Waals surface area contributed by atoms with Crippen LogP contribution in [0, 0.1) is 0 Å². The Morgan fingerprint density at radius 2 is 1.95 bits per heavy atom. The van der Waals surface area contributed by atoms with E-state index in [4.69, 9.17) is 0 Å². The van der Waals surface area contributed by atoms with Crippen molar-refractivity contribution >= 4 is 5.69 Å². The van der Waals surface area contributed by atoms with Crippen molar-refractivity contribution in [1.29, 1.82) is 0 Å². The fraction of sp³-hybridized carbons (Fsp3) is 0.500. The highest BCUT2D eigenvalue weighted by atomic mass is 15.4. The Bertz CT molecular complexity index is 526. The van der Waals surface area contributed by atoms with E-state index in [2.05, 4.69) is 51.7 Å². The van der Waals surface area contributed by atoms with Gasteiger partial charge in [0, 0.05) is 24.8 Å². The van der Waals surface area contributed by atoms with Gasteiger partial charge in [0.1, 0.15) is 0 Å².